The van der Waals surface area contributed by atoms with E-state index in [1.54, 1.807) is 6.20 Å². The van der Waals surface area contributed by atoms with Gasteiger partial charge in [-0.1, -0.05) is 40.2 Å². The highest BCUT2D eigenvalue weighted by Gasteiger charge is 2.18. The van der Waals surface area contributed by atoms with Crippen molar-refractivity contribution < 1.29 is 5.11 Å². The molecule has 21 heavy (non-hydrogen) atoms. The van der Waals surface area contributed by atoms with E-state index in [9.17, 15) is 5.11 Å². The van der Waals surface area contributed by atoms with E-state index in [0.717, 1.165) is 22.1 Å². The molecule has 1 aromatic heterocycles. The van der Waals surface area contributed by atoms with Crippen molar-refractivity contribution in [2.75, 3.05) is 6.54 Å². The van der Waals surface area contributed by atoms with Crippen molar-refractivity contribution in [1.82, 2.24) is 9.88 Å². The molecule has 1 atom stereocenters. The predicted molar refractivity (Wildman–Crippen MR) is 88.9 cm³/mol. The van der Waals surface area contributed by atoms with E-state index in [1.165, 1.54) is 0 Å². The average molecular weight is 349 g/mol. The van der Waals surface area contributed by atoms with Gasteiger partial charge in [0.25, 0.3) is 0 Å². The molecule has 4 heteroatoms. The van der Waals surface area contributed by atoms with Crippen LogP contribution in [0.25, 0.3) is 0 Å². The molecule has 1 heterocycles. The maximum atomic E-state index is 10.5. The Balaban J connectivity index is 2.08. The summed E-state index contributed by atoms with van der Waals surface area (Å²) in [5.74, 6) is 0. The third-order valence-electron chi connectivity index (χ3n) is 3.51. The molecule has 2 rings (SSSR count). The molecular weight excluding hydrogens is 328 g/mol. The Morgan fingerprint density at radius 2 is 1.95 bits per heavy atom. The molecule has 1 unspecified atom stereocenters. The topological polar surface area (TPSA) is 36.4 Å². The third-order valence-corrected chi connectivity index (χ3v) is 4.23. The zero-order chi connectivity index (χ0) is 15.2. The molecule has 0 spiro atoms. The van der Waals surface area contributed by atoms with Crippen LogP contribution in [-0.2, 0) is 6.54 Å². The van der Waals surface area contributed by atoms with E-state index in [2.05, 4.69) is 45.7 Å². The maximum Gasteiger partial charge on any atom is 0.0928 e. The summed E-state index contributed by atoms with van der Waals surface area (Å²) >= 11 is 3.50. The van der Waals surface area contributed by atoms with Gasteiger partial charge >= 0.3 is 0 Å². The first kappa shape index (κ1) is 16.1. The first-order valence-corrected chi connectivity index (χ1v) is 7.92. The fourth-order valence-corrected chi connectivity index (χ4v) is 2.80. The lowest BCUT2D eigenvalue weighted by molar-refractivity contribution is 0.0903. The monoisotopic (exact) mass is 348 g/mol. The maximum absolute atomic E-state index is 10.5. The standard InChI is InChI=1S/C17H21BrN2O/c1-13(2)20(11-14-6-5-9-19-10-14)12-17(21)15-7-3-4-8-16(15)18/h3-10,13,17,21H,11-12H2,1-2H3. The van der Waals surface area contributed by atoms with Crippen molar-refractivity contribution in [1.29, 1.82) is 0 Å². The number of rotatable bonds is 6. The summed E-state index contributed by atoms with van der Waals surface area (Å²) in [6.07, 6.45) is 3.14. The minimum atomic E-state index is -0.514. The lowest BCUT2D eigenvalue weighted by Crippen LogP contribution is -2.34. The summed E-state index contributed by atoms with van der Waals surface area (Å²) < 4.78 is 0.947. The molecule has 112 valence electrons. The van der Waals surface area contributed by atoms with Crippen molar-refractivity contribution >= 4 is 15.9 Å². The average Bonchev–Trinajstić information content (AvgIpc) is 2.48. The molecular formula is C17H21BrN2O. The van der Waals surface area contributed by atoms with E-state index >= 15 is 0 Å². The van der Waals surface area contributed by atoms with Crippen LogP contribution in [0.5, 0.6) is 0 Å². The number of benzene rings is 1. The van der Waals surface area contributed by atoms with Crippen LogP contribution in [0.15, 0.2) is 53.3 Å². The van der Waals surface area contributed by atoms with Gasteiger partial charge in [0.2, 0.25) is 0 Å². The normalized spacial score (nSPS) is 12.9. The largest absolute Gasteiger partial charge is 0.387 e. The van der Waals surface area contributed by atoms with Gasteiger partial charge in [-0.3, -0.25) is 9.88 Å². The Morgan fingerprint density at radius 3 is 2.57 bits per heavy atom. The molecule has 0 bridgehead atoms. The molecule has 1 aromatic carbocycles. The number of hydrogen-bond acceptors (Lipinski definition) is 3. The second-order valence-electron chi connectivity index (χ2n) is 5.42. The Kier molecular flexibility index (Phi) is 5.91. The van der Waals surface area contributed by atoms with E-state index in [0.29, 0.717) is 12.6 Å². The molecule has 0 saturated heterocycles. The van der Waals surface area contributed by atoms with Crippen molar-refractivity contribution in [2.45, 2.75) is 32.5 Å². The number of halogens is 1. The van der Waals surface area contributed by atoms with Crippen LogP contribution in [0, 0.1) is 0 Å². The highest BCUT2D eigenvalue weighted by molar-refractivity contribution is 9.10. The molecule has 0 saturated carbocycles. The van der Waals surface area contributed by atoms with Gasteiger partial charge in [-0.05, 0) is 37.1 Å². The van der Waals surface area contributed by atoms with Gasteiger partial charge in [0, 0.05) is 36.0 Å². The highest BCUT2D eigenvalue weighted by atomic mass is 79.9. The van der Waals surface area contributed by atoms with Crippen LogP contribution in [0.4, 0.5) is 0 Å². The van der Waals surface area contributed by atoms with Crippen LogP contribution < -0.4 is 0 Å². The summed E-state index contributed by atoms with van der Waals surface area (Å²) in [6.45, 7) is 5.66. The number of aromatic nitrogens is 1. The van der Waals surface area contributed by atoms with Crippen LogP contribution in [0.3, 0.4) is 0 Å². The second kappa shape index (κ2) is 7.69. The highest BCUT2D eigenvalue weighted by Crippen LogP contribution is 2.24. The Bertz CT molecular complexity index is 560. The lowest BCUT2D eigenvalue weighted by atomic mass is 10.1. The minimum Gasteiger partial charge on any atom is -0.387 e. The van der Waals surface area contributed by atoms with Crippen molar-refractivity contribution in [3.05, 3.63) is 64.4 Å². The Hall–Kier alpha value is -1.23. The zero-order valence-electron chi connectivity index (χ0n) is 12.4. The van der Waals surface area contributed by atoms with Crippen molar-refractivity contribution in [3.8, 4) is 0 Å². The van der Waals surface area contributed by atoms with Gasteiger partial charge in [-0.15, -0.1) is 0 Å². The molecule has 0 aliphatic rings. The SMILES string of the molecule is CC(C)N(Cc1cccnc1)CC(O)c1ccccc1Br. The number of hydrogen-bond donors (Lipinski definition) is 1. The number of pyridine rings is 1. The Labute approximate surface area is 134 Å². The fraction of sp³-hybridized carbons (Fsp3) is 0.353. The number of nitrogens with zero attached hydrogens (tertiary/aromatic N) is 2. The third kappa shape index (κ3) is 4.63. The van der Waals surface area contributed by atoms with Crippen LogP contribution >= 0.6 is 15.9 Å². The van der Waals surface area contributed by atoms with Gasteiger partial charge in [0.15, 0.2) is 0 Å². The zero-order valence-corrected chi connectivity index (χ0v) is 14.0. The summed E-state index contributed by atoms with van der Waals surface area (Å²) in [5, 5.41) is 10.5. The van der Waals surface area contributed by atoms with Gasteiger partial charge < -0.3 is 5.11 Å². The van der Waals surface area contributed by atoms with Crippen molar-refractivity contribution in [3.63, 3.8) is 0 Å². The quantitative estimate of drug-likeness (QED) is 0.862. The molecule has 0 aliphatic carbocycles. The molecule has 0 fully saturated rings. The Morgan fingerprint density at radius 1 is 1.19 bits per heavy atom. The van der Waals surface area contributed by atoms with E-state index in [4.69, 9.17) is 0 Å². The number of aliphatic hydroxyl groups excluding tert-OH is 1. The van der Waals surface area contributed by atoms with Crippen molar-refractivity contribution in [2.24, 2.45) is 0 Å². The van der Waals surface area contributed by atoms with Crippen LogP contribution in [-0.4, -0.2) is 27.6 Å². The second-order valence-corrected chi connectivity index (χ2v) is 6.28. The summed E-state index contributed by atoms with van der Waals surface area (Å²) in [5.41, 5.74) is 2.08. The molecule has 0 aliphatic heterocycles. The summed E-state index contributed by atoms with van der Waals surface area (Å²) in [6, 6.07) is 12.2. The number of aliphatic hydroxyl groups is 1. The van der Waals surface area contributed by atoms with E-state index in [1.807, 2.05) is 36.5 Å². The van der Waals surface area contributed by atoms with Crippen LogP contribution in [0.1, 0.15) is 31.1 Å². The predicted octanol–water partition coefficient (Wildman–Crippen LogP) is 3.79. The van der Waals surface area contributed by atoms with Gasteiger partial charge in [0.05, 0.1) is 6.10 Å². The van der Waals surface area contributed by atoms with Gasteiger partial charge in [0.1, 0.15) is 0 Å². The first-order chi connectivity index (χ1) is 10.1. The van der Waals surface area contributed by atoms with Crippen LogP contribution in [0.2, 0.25) is 0 Å². The molecule has 1 N–H and O–H groups in total. The van der Waals surface area contributed by atoms with Gasteiger partial charge in [-0.25, -0.2) is 0 Å². The smallest absolute Gasteiger partial charge is 0.0928 e. The lowest BCUT2D eigenvalue weighted by Gasteiger charge is -2.29. The molecule has 2 aromatic rings. The van der Waals surface area contributed by atoms with E-state index in [-0.39, 0.29) is 0 Å². The summed E-state index contributed by atoms with van der Waals surface area (Å²) in [4.78, 5) is 6.40. The first-order valence-electron chi connectivity index (χ1n) is 7.13. The summed E-state index contributed by atoms with van der Waals surface area (Å²) in [7, 11) is 0. The van der Waals surface area contributed by atoms with Gasteiger partial charge in [-0.2, -0.15) is 0 Å². The molecule has 3 nitrogen and oxygen atoms in total. The minimum absolute atomic E-state index is 0.349. The molecule has 0 radical (unpaired) electrons. The molecule has 0 amide bonds. The fourth-order valence-electron chi connectivity index (χ4n) is 2.25. The van der Waals surface area contributed by atoms with E-state index < -0.39 is 6.10 Å².